The first-order valence-corrected chi connectivity index (χ1v) is 6.05. The number of ether oxygens (including phenoxy) is 1. The molecule has 2 unspecified atom stereocenters. The second-order valence-electron chi connectivity index (χ2n) is 5.20. The van der Waals surface area contributed by atoms with Crippen LogP contribution in [0, 0.1) is 5.92 Å². The molecule has 1 amide bonds. The maximum Gasteiger partial charge on any atom is 0.220 e. The monoisotopic (exact) mass is 211 g/mol. The zero-order valence-corrected chi connectivity index (χ0v) is 9.71. The fourth-order valence-electron chi connectivity index (χ4n) is 2.77. The largest absolute Gasteiger partial charge is 0.378 e. The minimum Gasteiger partial charge on any atom is -0.378 e. The van der Waals surface area contributed by atoms with Gasteiger partial charge in [-0.1, -0.05) is 13.8 Å². The van der Waals surface area contributed by atoms with Gasteiger partial charge in [0.1, 0.15) is 0 Å². The molecule has 0 radical (unpaired) electrons. The van der Waals surface area contributed by atoms with Gasteiger partial charge in [0.05, 0.1) is 6.10 Å². The number of rotatable bonds is 3. The van der Waals surface area contributed by atoms with E-state index in [4.69, 9.17) is 4.74 Å². The lowest BCUT2D eigenvalue weighted by atomic mass is 9.80. The van der Waals surface area contributed by atoms with Crippen molar-refractivity contribution in [3.05, 3.63) is 0 Å². The van der Waals surface area contributed by atoms with Crippen LogP contribution < -0.4 is 5.32 Å². The molecule has 0 bridgehead atoms. The highest BCUT2D eigenvalue weighted by Crippen LogP contribution is 2.35. The van der Waals surface area contributed by atoms with Gasteiger partial charge in [0, 0.05) is 18.6 Å². The summed E-state index contributed by atoms with van der Waals surface area (Å²) in [7, 11) is 0. The van der Waals surface area contributed by atoms with Crippen molar-refractivity contribution in [3.63, 3.8) is 0 Å². The maximum absolute atomic E-state index is 11.4. The summed E-state index contributed by atoms with van der Waals surface area (Å²) in [4.78, 5) is 11.4. The van der Waals surface area contributed by atoms with Gasteiger partial charge in [0.15, 0.2) is 0 Å². The highest BCUT2D eigenvalue weighted by atomic mass is 16.5. The molecule has 0 aromatic rings. The average Bonchev–Trinajstić information content (AvgIpc) is 2.77. The van der Waals surface area contributed by atoms with Gasteiger partial charge < -0.3 is 10.1 Å². The van der Waals surface area contributed by atoms with Crippen LogP contribution >= 0.6 is 0 Å². The Morgan fingerprint density at radius 2 is 2.40 bits per heavy atom. The SMILES string of the molecule is CC(C)C1(CC2CCCO2)CCC(=O)N1. The molecule has 2 saturated heterocycles. The van der Waals surface area contributed by atoms with E-state index in [1.54, 1.807) is 0 Å². The van der Waals surface area contributed by atoms with Gasteiger partial charge in [-0.05, 0) is 31.6 Å². The predicted molar refractivity (Wildman–Crippen MR) is 58.5 cm³/mol. The van der Waals surface area contributed by atoms with Crippen molar-refractivity contribution in [2.24, 2.45) is 5.92 Å². The van der Waals surface area contributed by atoms with Crippen molar-refractivity contribution in [3.8, 4) is 0 Å². The van der Waals surface area contributed by atoms with Crippen molar-refractivity contribution in [2.45, 2.75) is 57.6 Å². The van der Waals surface area contributed by atoms with Gasteiger partial charge in [-0.15, -0.1) is 0 Å². The fraction of sp³-hybridized carbons (Fsp3) is 0.917. The van der Waals surface area contributed by atoms with Crippen LogP contribution in [0.5, 0.6) is 0 Å². The van der Waals surface area contributed by atoms with Gasteiger partial charge >= 0.3 is 0 Å². The van der Waals surface area contributed by atoms with E-state index < -0.39 is 0 Å². The third-order valence-electron chi connectivity index (χ3n) is 3.91. The Hall–Kier alpha value is -0.570. The number of hydrogen-bond acceptors (Lipinski definition) is 2. The number of amides is 1. The predicted octanol–water partition coefficient (Wildman–Crippen LogP) is 1.86. The van der Waals surface area contributed by atoms with Crippen molar-refractivity contribution in [2.75, 3.05) is 6.61 Å². The molecule has 3 nitrogen and oxygen atoms in total. The van der Waals surface area contributed by atoms with Crippen molar-refractivity contribution in [1.29, 1.82) is 0 Å². The lowest BCUT2D eigenvalue weighted by Gasteiger charge is -2.35. The topological polar surface area (TPSA) is 38.3 Å². The van der Waals surface area contributed by atoms with Crippen LogP contribution in [0.2, 0.25) is 0 Å². The zero-order valence-electron chi connectivity index (χ0n) is 9.71. The van der Waals surface area contributed by atoms with Crippen LogP contribution in [0.4, 0.5) is 0 Å². The Kier molecular flexibility index (Phi) is 3.01. The molecule has 0 saturated carbocycles. The maximum atomic E-state index is 11.4. The first kappa shape index (κ1) is 10.9. The highest BCUT2D eigenvalue weighted by molar-refractivity contribution is 5.79. The lowest BCUT2D eigenvalue weighted by molar-refractivity contribution is -0.120. The minimum absolute atomic E-state index is 0.00604. The molecule has 2 aliphatic rings. The molecule has 2 rings (SSSR count). The quantitative estimate of drug-likeness (QED) is 0.773. The third-order valence-corrected chi connectivity index (χ3v) is 3.91. The molecule has 3 heteroatoms. The van der Waals surface area contributed by atoms with Crippen LogP contribution in [-0.2, 0) is 9.53 Å². The molecule has 0 aromatic heterocycles. The highest BCUT2D eigenvalue weighted by Gasteiger charge is 2.42. The molecule has 15 heavy (non-hydrogen) atoms. The number of hydrogen-bond donors (Lipinski definition) is 1. The average molecular weight is 211 g/mol. The van der Waals surface area contributed by atoms with E-state index in [0.717, 1.165) is 25.9 Å². The van der Waals surface area contributed by atoms with Crippen molar-refractivity contribution in [1.82, 2.24) is 5.32 Å². The molecule has 2 aliphatic heterocycles. The van der Waals surface area contributed by atoms with Gasteiger partial charge in [-0.25, -0.2) is 0 Å². The third kappa shape index (κ3) is 2.17. The van der Waals surface area contributed by atoms with Gasteiger partial charge in [-0.2, -0.15) is 0 Å². The Balaban J connectivity index is 2.02. The summed E-state index contributed by atoms with van der Waals surface area (Å²) in [6.45, 7) is 5.29. The van der Waals surface area contributed by atoms with Crippen molar-refractivity contribution < 1.29 is 9.53 Å². The molecule has 2 atom stereocenters. The first-order valence-electron chi connectivity index (χ1n) is 6.05. The van der Waals surface area contributed by atoms with E-state index in [1.165, 1.54) is 6.42 Å². The van der Waals surface area contributed by atoms with E-state index in [2.05, 4.69) is 19.2 Å². The first-order chi connectivity index (χ1) is 7.12. The van der Waals surface area contributed by atoms with E-state index in [1.807, 2.05) is 0 Å². The molecule has 0 aromatic carbocycles. The molecule has 1 N–H and O–H groups in total. The zero-order chi connectivity index (χ0) is 10.9. The molecular weight excluding hydrogens is 190 g/mol. The molecule has 0 spiro atoms. The van der Waals surface area contributed by atoms with Gasteiger partial charge in [-0.3, -0.25) is 4.79 Å². The van der Waals surface area contributed by atoms with Gasteiger partial charge in [0.2, 0.25) is 5.91 Å². The smallest absolute Gasteiger partial charge is 0.220 e. The van der Waals surface area contributed by atoms with Crippen LogP contribution in [0.25, 0.3) is 0 Å². The Bertz CT molecular complexity index is 246. The fourth-order valence-corrected chi connectivity index (χ4v) is 2.77. The molecule has 0 aliphatic carbocycles. The van der Waals surface area contributed by atoms with E-state index in [0.29, 0.717) is 18.4 Å². The van der Waals surface area contributed by atoms with E-state index in [9.17, 15) is 4.79 Å². The summed E-state index contributed by atoms with van der Waals surface area (Å²) in [5, 5.41) is 3.17. The minimum atomic E-state index is 0.00604. The van der Waals surface area contributed by atoms with Crippen LogP contribution in [0.1, 0.15) is 46.0 Å². The lowest BCUT2D eigenvalue weighted by Crippen LogP contribution is -2.48. The molecule has 2 heterocycles. The number of carbonyl (C=O) groups is 1. The summed E-state index contributed by atoms with van der Waals surface area (Å²) in [5.74, 6) is 0.704. The summed E-state index contributed by atoms with van der Waals surface area (Å²) in [6.07, 6.45) is 5.35. The van der Waals surface area contributed by atoms with E-state index >= 15 is 0 Å². The molecule has 86 valence electrons. The number of nitrogens with one attached hydrogen (secondary N) is 1. The summed E-state index contributed by atoms with van der Waals surface area (Å²) < 4.78 is 5.67. The second kappa shape index (κ2) is 4.12. The second-order valence-corrected chi connectivity index (χ2v) is 5.20. The number of carbonyl (C=O) groups excluding carboxylic acids is 1. The van der Waals surface area contributed by atoms with Crippen LogP contribution in [0.3, 0.4) is 0 Å². The summed E-state index contributed by atoms with van der Waals surface area (Å²) >= 11 is 0. The Morgan fingerprint density at radius 1 is 1.60 bits per heavy atom. The molecule has 2 fully saturated rings. The standard InChI is InChI=1S/C12H21NO2/c1-9(2)12(6-5-11(14)13-12)8-10-4-3-7-15-10/h9-10H,3-8H2,1-2H3,(H,13,14). The Labute approximate surface area is 91.6 Å². The van der Waals surface area contributed by atoms with Crippen LogP contribution in [-0.4, -0.2) is 24.2 Å². The van der Waals surface area contributed by atoms with Crippen LogP contribution in [0.15, 0.2) is 0 Å². The summed E-state index contributed by atoms with van der Waals surface area (Å²) in [5.41, 5.74) is 0.00604. The van der Waals surface area contributed by atoms with Gasteiger partial charge in [0.25, 0.3) is 0 Å². The summed E-state index contributed by atoms with van der Waals surface area (Å²) in [6, 6.07) is 0. The van der Waals surface area contributed by atoms with E-state index in [-0.39, 0.29) is 11.4 Å². The normalized spacial score (nSPS) is 36.2. The molecular formula is C12H21NO2. The van der Waals surface area contributed by atoms with Crippen molar-refractivity contribution >= 4 is 5.91 Å². The Morgan fingerprint density at radius 3 is 2.87 bits per heavy atom.